The van der Waals surface area contributed by atoms with E-state index in [9.17, 15) is 10.1 Å². The first-order chi connectivity index (χ1) is 9.06. The summed E-state index contributed by atoms with van der Waals surface area (Å²) in [5.41, 5.74) is 5.33. The van der Waals surface area contributed by atoms with Gasteiger partial charge in [-0.05, 0) is 38.9 Å². The Morgan fingerprint density at radius 2 is 2.26 bits per heavy atom. The van der Waals surface area contributed by atoms with E-state index < -0.39 is 4.92 Å². The molecule has 0 saturated carbocycles. The van der Waals surface area contributed by atoms with Crippen molar-refractivity contribution < 1.29 is 4.92 Å². The maximum Gasteiger partial charge on any atom is 0.329 e. The number of hydrogen-bond acceptors (Lipinski definition) is 7. The fraction of sp³-hybridized carbons (Fsp3) is 0.636. The zero-order valence-corrected chi connectivity index (χ0v) is 10.9. The van der Waals surface area contributed by atoms with E-state index in [4.69, 9.17) is 5.73 Å². The first-order valence-electron chi connectivity index (χ1n) is 6.25. The number of nitrogens with one attached hydrogen (secondary N) is 1. The van der Waals surface area contributed by atoms with Gasteiger partial charge in [-0.25, -0.2) is 4.98 Å². The van der Waals surface area contributed by atoms with E-state index in [1.807, 2.05) is 0 Å². The number of likely N-dealkylation sites (tertiary alicyclic amines) is 1. The quantitative estimate of drug-likeness (QED) is 0.610. The van der Waals surface area contributed by atoms with Crippen LogP contribution in [0.15, 0.2) is 6.20 Å². The van der Waals surface area contributed by atoms with E-state index in [1.54, 1.807) is 0 Å². The van der Waals surface area contributed by atoms with E-state index in [0.29, 0.717) is 12.5 Å². The van der Waals surface area contributed by atoms with Gasteiger partial charge in [0.05, 0.1) is 4.92 Å². The highest BCUT2D eigenvalue weighted by Gasteiger charge is 2.20. The average Bonchev–Trinajstić information content (AvgIpc) is 2.38. The van der Waals surface area contributed by atoms with Gasteiger partial charge in [-0.15, -0.1) is 0 Å². The molecule has 0 atom stereocenters. The van der Waals surface area contributed by atoms with Gasteiger partial charge in [0, 0.05) is 6.54 Å². The molecule has 0 radical (unpaired) electrons. The molecule has 0 bridgehead atoms. The van der Waals surface area contributed by atoms with E-state index in [2.05, 4.69) is 27.2 Å². The maximum absolute atomic E-state index is 10.9. The molecule has 1 fully saturated rings. The lowest BCUT2D eigenvalue weighted by molar-refractivity contribution is -0.384. The third kappa shape index (κ3) is 3.50. The second kappa shape index (κ2) is 5.79. The summed E-state index contributed by atoms with van der Waals surface area (Å²) in [6.45, 7) is 2.78. The number of nitrogen functional groups attached to an aromatic ring is 1. The van der Waals surface area contributed by atoms with Gasteiger partial charge in [0.25, 0.3) is 0 Å². The lowest BCUT2D eigenvalue weighted by Gasteiger charge is -2.28. The van der Waals surface area contributed by atoms with Gasteiger partial charge < -0.3 is 16.0 Å². The Balaban J connectivity index is 1.98. The first kappa shape index (κ1) is 13.5. The second-order valence-electron chi connectivity index (χ2n) is 4.85. The van der Waals surface area contributed by atoms with Crippen molar-refractivity contribution in [3.8, 4) is 0 Å². The number of nitrogens with zero attached hydrogens (tertiary/aromatic N) is 4. The Morgan fingerprint density at radius 3 is 2.89 bits per heavy atom. The number of aromatic nitrogens is 2. The van der Waals surface area contributed by atoms with Crippen LogP contribution in [-0.4, -0.2) is 46.5 Å². The number of piperidine rings is 1. The summed E-state index contributed by atoms with van der Waals surface area (Å²) >= 11 is 0. The van der Waals surface area contributed by atoms with Crippen LogP contribution in [0.4, 0.5) is 17.5 Å². The number of rotatable bonds is 4. The van der Waals surface area contributed by atoms with Crippen molar-refractivity contribution in [1.29, 1.82) is 0 Å². The van der Waals surface area contributed by atoms with Gasteiger partial charge in [-0.2, -0.15) is 4.98 Å². The molecule has 2 heterocycles. The normalized spacial score (nSPS) is 17.3. The number of nitro groups is 1. The highest BCUT2D eigenvalue weighted by Crippen LogP contribution is 2.23. The summed E-state index contributed by atoms with van der Waals surface area (Å²) in [4.78, 5) is 20.2. The average molecular weight is 266 g/mol. The minimum Gasteiger partial charge on any atom is -0.368 e. The minimum absolute atomic E-state index is 0.0384. The monoisotopic (exact) mass is 266 g/mol. The van der Waals surface area contributed by atoms with Crippen LogP contribution in [-0.2, 0) is 0 Å². The largest absolute Gasteiger partial charge is 0.368 e. The van der Waals surface area contributed by atoms with Crippen molar-refractivity contribution in [3.05, 3.63) is 16.3 Å². The number of hydrogen-bond donors (Lipinski definition) is 2. The van der Waals surface area contributed by atoms with Crippen molar-refractivity contribution in [3.63, 3.8) is 0 Å². The molecule has 0 spiro atoms. The highest BCUT2D eigenvalue weighted by molar-refractivity contribution is 5.56. The molecule has 104 valence electrons. The standard InChI is InChI=1S/C11H18N6O2/c1-16-4-2-8(3-5-16)6-13-10-9(17(18)19)7-14-11(12)15-10/h7-8H,2-6H2,1H3,(H3,12,13,14,15). The Labute approximate surface area is 111 Å². The molecule has 0 unspecified atom stereocenters. The second-order valence-corrected chi connectivity index (χ2v) is 4.85. The third-order valence-electron chi connectivity index (χ3n) is 3.38. The van der Waals surface area contributed by atoms with Crippen molar-refractivity contribution in [1.82, 2.24) is 14.9 Å². The predicted octanol–water partition coefficient (Wildman–Crippen LogP) is 0.721. The summed E-state index contributed by atoms with van der Waals surface area (Å²) < 4.78 is 0. The number of anilines is 2. The molecule has 8 nitrogen and oxygen atoms in total. The summed E-state index contributed by atoms with van der Waals surface area (Å²) in [6, 6.07) is 0. The van der Waals surface area contributed by atoms with Crippen LogP contribution in [0.25, 0.3) is 0 Å². The zero-order chi connectivity index (χ0) is 13.8. The van der Waals surface area contributed by atoms with Crippen molar-refractivity contribution in [2.45, 2.75) is 12.8 Å². The lowest BCUT2D eigenvalue weighted by Crippen LogP contribution is -2.33. The smallest absolute Gasteiger partial charge is 0.329 e. The van der Waals surface area contributed by atoms with Crippen LogP contribution < -0.4 is 11.1 Å². The summed E-state index contributed by atoms with van der Waals surface area (Å²) in [5.74, 6) is 0.750. The molecule has 2 rings (SSSR count). The molecule has 0 aromatic carbocycles. The van der Waals surface area contributed by atoms with Gasteiger partial charge >= 0.3 is 5.69 Å². The lowest BCUT2D eigenvalue weighted by atomic mass is 9.97. The van der Waals surface area contributed by atoms with E-state index in [0.717, 1.165) is 32.1 Å². The number of nitrogens with two attached hydrogens (primary N) is 1. The topological polar surface area (TPSA) is 110 Å². The molecule has 0 aliphatic carbocycles. The van der Waals surface area contributed by atoms with Gasteiger partial charge in [0.1, 0.15) is 6.20 Å². The van der Waals surface area contributed by atoms with Gasteiger partial charge in [0.15, 0.2) is 0 Å². The van der Waals surface area contributed by atoms with Crippen molar-refractivity contribution in [2.24, 2.45) is 5.92 Å². The molecule has 1 aromatic rings. The Kier molecular flexibility index (Phi) is 4.10. The van der Waals surface area contributed by atoms with Gasteiger partial charge in [0.2, 0.25) is 11.8 Å². The molecule has 19 heavy (non-hydrogen) atoms. The molecule has 1 saturated heterocycles. The SMILES string of the molecule is CN1CCC(CNc2nc(N)ncc2[N+](=O)[O-])CC1. The molecule has 1 aliphatic rings. The van der Waals surface area contributed by atoms with E-state index in [-0.39, 0.29) is 17.5 Å². The Morgan fingerprint density at radius 1 is 1.58 bits per heavy atom. The predicted molar refractivity (Wildman–Crippen MR) is 71.8 cm³/mol. The zero-order valence-electron chi connectivity index (χ0n) is 10.9. The minimum atomic E-state index is -0.504. The third-order valence-corrected chi connectivity index (χ3v) is 3.38. The maximum atomic E-state index is 10.9. The Bertz CT molecular complexity index is 458. The molecular weight excluding hydrogens is 248 g/mol. The summed E-state index contributed by atoms with van der Waals surface area (Å²) in [6.07, 6.45) is 3.30. The molecule has 1 aromatic heterocycles. The molecular formula is C11H18N6O2. The first-order valence-corrected chi connectivity index (χ1v) is 6.25. The van der Waals surface area contributed by atoms with Gasteiger partial charge in [-0.3, -0.25) is 10.1 Å². The van der Waals surface area contributed by atoms with Crippen LogP contribution in [0.3, 0.4) is 0 Å². The van der Waals surface area contributed by atoms with Crippen molar-refractivity contribution >= 4 is 17.5 Å². The summed E-state index contributed by atoms with van der Waals surface area (Å²) in [5, 5.41) is 13.9. The highest BCUT2D eigenvalue weighted by atomic mass is 16.6. The van der Waals surface area contributed by atoms with E-state index >= 15 is 0 Å². The molecule has 0 amide bonds. The fourth-order valence-electron chi connectivity index (χ4n) is 2.16. The van der Waals surface area contributed by atoms with Crippen LogP contribution in [0, 0.1) is 16.0 Å². The van der Waals surface area contributed by atoms with E-state index in [1.165, 1.54) is 0 Å². The fourth-order valence-corrected chi connectivity index (χ4v) is 2.16. The van der Waals surface area contributed by atoms with Crippen LogP contribution >= 0.6 is 0 Å². The molecule has 3 N–H and O–H groups in total. The Hall–Kier alpha value is -1.96. The van der Waals surface area contributed by atoms with Crippen LogP contribution in [0.2, 0.25) is 0 Å². The van der Waals surface area contributed by atoms with Crippen LogP contribution in [0.5, 0.6) is 0 Å². The molecule has 1 aliphatic heterocycles. The van der Waals surface area contributed by atoms with Gasteiger partial charge in [-0.1, -0.05) is 0 Å². The molecule has 8 heteroatoms. The summed E-state index contributed by atoms with van der Waals surface area (Å²) in [7, 11) is 2.10. The van der Waals surface area contributed by atoms with Crippen LogP contribution in [0.1, 0.15) is 12.8 Å². The van der Waals surface area contributed by atoms with Crippen molar-refractivity contribution in [2.75, 3.05) is 37.7 Å².